The molecule has 2 rings (SSSR count). The molecule has 0 fully saturated rings. The Morgan fingerprint density at radius 1 is 1.38 bits per heavy atom. The SMILES string of the molecule is CCCOc1cccc(NC(C)c2ncc(CC)s2)c1N. The quantitative estimate of drug-likeness (QED) is 0.751. The van der Waals surface area contributed by atoms with E-state index >= 15 is 0 Å². The monoisotopic (exact) mass is 305 g/mol. The van der Waals surface area contributed by atoms with Crippen LogP contribution in [0.2, 0.25) is 0 Å². The van der Waals surface area contributed by atoms with E-state index in [9.17, 15) is 0 Å². The van der Waals surface area contributed by atoms with E-state index in [4.69, 9.17) is 10.5 Å². The van der Waals surface area contributed by atoms with Crippen molar-refractivity contribution in [2.24, 2.45) is 0 Å². The zero-order chi connectivity index (χ0) is 15.2. The first-order chi connectivity index (χ1) is 10.2. The molecule has 1 atom stereocenters. The molecule has 114 valence electrons. The molecule has 0 aliphatic heterocycles. The summed E-state index contributed by atoms with van der Waals surface area (Å²) in [6.07, 6.45) is 3.93. The minimum atomic E-state index is 0.124. The summed E-state index contributed by atoms with van der Waals surface area (Å²) in [5, 5.41) is 4.50. The predicted molar refractivity (Wildman–Crippen MR) is 90.2 cm³/mol. The van der Waals surface area contributed by atoms with Crippen molar-refractivity contribution in [1.29, 1.82) is 0 Å². The molecule has 2 aromatic rings. The zero-order valence-electron chi connectivity index (χ0n) is 12.8. The minimum Gasteiger partial charge on any atom is -0.491 e. The molecule has 0 radical (unpaired) electrons. The third kappa shape index (κ3) is 3.88. The van der Waals surface area contributed by atoms with Crippen LogP contribution in [0.25, 0.3) is 0 Å². The van der Waals surface area contributed by atoms with Gasteiger partial charge in [0.1, 0.15) is 10.8 Å². The molecular weight excluding hydrogens is 282 g/mol. The number of aromatic nitrogens is 1. The summed E-state index contributed by atoms with van der Waals surface area (Å²) in [6.45, 7) is 6.99. The second kappa shape index (κ2) is 7.31. The molecule has 0 bridgehead atoms. The maximum absolute atomic E-state index is 6.18. The summed E-state index contributed by atoms with van der Waals surface area (Å²) in [7, 11) is 0. The van der Waals surface area contributed by atoms with Gasteiger partial charge in [0, 0.05) is 11.1 Å². The Balaban J connectivity index is 2.11. The molecule has 5 heteroatoms. The minimum absolute atomic E-state index is 0.124. The average molecular weight is 305 g/mol. The average Bonchev–Trinajstić information content (AvgIpc) is 2.97. The lowest BCUT2D eigenvalue weighted by molar-refractivity contribution is 0.319. The van der Waals surface area contributed by atoms with Gasteiger partial charge in [0.05, 0.1) is 24.0 Å². The first kappa shape index (κ1) is 15.6. The maximum atomic E-state index is 6.18. The number of ether oxygens (including phenoxy) is 1. The Morgan fingerprint density at radius 2 is 2.19 bits per heavy atom. The van der Waals surface area contributed by atoms with E-state index in [-0.39, 0.29) is 6.04 Å². The van der Waals surface area contributed by atoms with Gasteiger partial charge in [-0.1, -0.05) is 19.9 Å². The summed E-state index contributed by atoms with van der Waals surface area (Å²) in [5.74, 6) is 0.738. The summed E-state index contributed by atoms with van der Waals surface area (Å²) in [4.78, 5) is 5.77. The molecule has 1 aromatic carbocycles. The number of thiazole rings is 1. The van der Waals surface area contributed by atoms with Crippen LogP contribution in [0.3, 0.4) is 0 Å². The molecule has 1 aromatic heterocycles. The van der Waals surface area contributed by atoms with Crippen LogP contribution in [0.15, 0.2) is 24.4 Å². The number of nitrogens with zero attached hydrogens (tertiary/aromatic N) is 1. The summed E-state index contributed by atoms with van der Waals surface area (Å²) < 4.78 is 5.66. The van der Waals surface area contributed by atoms with Crippen LogP contribution in [0, 0.1) is 0 Å². The van der Waals surface area contributed by atoms with E-state index < -0.39 is 0 Å². The Morgan fingerprint density at radius 3 is 2.86 bits per heavy atom. The predicted octanol–water partition coefficient (Wildman–Crippen LogP) is 4.25. The highest BCUT2D eigenvalue weighted by atomic mass is 32.1. The second-order valence-corrected chi connectivity index (χ2v) is 6.10. The smallest absolute Gasteiger partial charge is 0.144 e. The molecule has 1 heterocycles. The number of hydrogen-bond donors (Lipinski definition) is 2. The fraction of sp³-hybridized carbons (Fsp3) is 0.438. The van der Waals surface area contributed by atoms with Gasteiger partial charge in [-0.25, -0.2) is 4.98 Å². The fourth-order valence-corrected chi connectivity index (χ4v) is 2.85. The molecule has 0 spiro atoms. The molecular formula is C16H23N3OS. The highest BCUT2D eigenvalue weighted by molar-refractivity contribution is 7.11. The van der Waals surface area contributed by atoms with Crippen molar-refractivity contribution in [2.75, 3.05) is 17.7 Å². The van der Waals surface area contributed by atoms with Crippen molar-refractivity contribution in [1.82, 2.24) is 4.98 Å². The Kier molecular flexibility index (Phi) is 5.44. The highest BCUT2D eigenvalue weighted by Gasteiger charge is 2.13. The van der Waals surface area contributed by atoms with Crippen LogP contribution in [0.1, 0.15) is 43.1 Å². The number of nitrogens with one attached hydrogen (secondary N) is 1. The number of anilines is 2. The van der Waals surface area contributed by atoms with Crippen LogP contribution < -0.4 is 15.8 Å². The molecule has 0 saturated heterocycles. The number of nitrogen functional groups attached to an aromatic ring is 1. The van der Waals surface area contributed by atoms with Gasteiger partial charge in [-0.15, -0.1) is 11.3 Å². The van der Waals surface area contributed by atoms with E-state index in [1.807, 2.05) is 24.4 Å². The van der Waals surface area contributed by atoms with Gasteiger partial charge in [0.15, 0.2) is 0 Å². The first-order valence-electron chi connectivity index (χ1n) is 7.38. The first-order valence-corrected chi connectivity index (χ1v) is 8.19. The van der Waals surface area contributed by atoms with Crippen LogP contribution in [-0.2, 0) is 6.42 Å². The molecule has 0 aliphatic carbocycles. The normalized spacial score (nSPS) is 12.1. The van der Waals surface area contributed by atoms with Crippen molar-refractivity contribution < 1.29 is 4.74 Å². The fourth-order valence-electron chi connectivity index (χ4n) is 1.99. The lowest BCUT2D eigenvalue weighted by Gasteiger charge is -2.17. The molecule has 3 N–H and O–H groups in total. The van der Waals surface area contributed by atoms with Crippen LogP contribution in [0.4, 0.5) is 11.4 Å². The number of hydrogen-bond acceptors (Lipinski definition) is 5. The number of aryl methyl sites for hydroxylation is 1. The maximum Gasteiger partial charge on any atom is 0.144 e. The summed E-state index contributed by atoms with van der Waals surface area (Å²) in [6, 6.07) is 5.95. The van der Waals surface area contributed by atoms with Crippen LogP contribution in [-0.4, -0.2) is 11.6 Å². The van der Waals surface area contributed by atoms with Gasteiger partial charge in [-0.05, 0) is 31.9 Å². The van der Waals surface area contributed by atoms with Gasteiger partial charge in [0.2, 0.25) is 0 Å². The zero-order valence-corrected chi connectivity index (χ0v) is 13.7. The topological polar surface area (TPSA) is 60.2 Å². The van der Waals surface area contributed by atoms with Crippen LogP contribution >= 0.6 is 11.3 Å². The van der Waals surface area contributed by atoms with E-state index in [1.165, 1.54) is 4.88 Å². The number of benzene rings is 1. The molecule has 4 nitrogen and oxygen atoms in total. The third-order valence-corrected chi connectivity index (χ3v) is 4.51. The van der Waals surface area contributed by atoms with E-state index in [0.717, 1.165) is 29.3 Å². The van der Waals surface area contributed by atoms with Crippen molar-refractivity contribution in [3.05, 3.63) is 34.3 Å². The van der Waals surface area contributed by atoms with Gasteiger partial charge >= 0.3 is 0 Å². The summed E-state index contributed by atoms with van der Waals surface area (Å²) >= 11 is 1.74. The molecule has 0 saturated carbocycles. The Hall–Kier alpha value is -1.75. The van der Waals surface area contributed by atoms with E-state index in [1.54, 1.807) is 11.3 Å². The van der Waals surface area contributed by atoms with E-state index in [0.29, 0.717) is 12.3 Å². The van der Waals surface area contributed by atoms with Crippen LogP contribution in [0.5, 0.6) is 5.75 Å². The van der Waals surface area contributed by atoms with E-state index in [2.05, 4.69) is 31.1 Å². The molecule has 1 unspecified atom stereocenters. The Labute approximate surface area is 130 Å². The lowest BCUT2D eigenvalue weighted by atomic mass is 10.2. The molecule has 21 heavy (non-hydrogen) atoms. The number of rotatable bonds is 7. The van der Waals surface area contributed by atoms with Gasteiger partial charge in [-0.3, -0.25) is 0 Å². The van der Waals surface area contributed by atoms with Crippen molar-refractivity contribution in [2.45, 2.75) is 39.7 Å². The van der Waals surface area contributed by atoms with Gasteiger partial charge < -0.3 is 15.8 Å². The van der Waals surface area contributed by atoms with Gasteiger partial charge in [-0.2, -0.15) is 0 Å². The number of para-hydroxylation sites is 1. The van der Waals surface area contributed by atoms with Crippen molar-refractivity contribution in [3.63, 3.8) is 0 Å². The third-order valence-electron chi connectivity index (χ3n) is 3.19. The lowest BCUT2D eigenvalue weighted by Crippen LogP contribution is -2.09. The standard InChI is InChI=1S/C16H23N3OS/c1-4-9-20-14-8-6-7-13(15(14)17)19-11(3)16-18-10-12(5-2)21-16/h6-8,10-11,19H,4-5,9,17H2,1-3H3. The highest BCUT2D eigenvalue weighted by Crippen LogP contribution is 2.32. The van der Waals surface area contributed by atoms with Gasteiger partial charge in [0.25, 0.3) is 0 Å². The number of nitrogens with two attached hydrogens (primary N) is 1. The molecule has 0 aliphatic rings. The second-order valence-electron chi connectivity index (χ2n) is 4.95. The largest absolute Gasteiger partial charge is 0.491 e. The van der Waals surface area contributed by atoms with Crippen molar-refractivity contribution >= 4 is 22.7 Å². The summed E-state index contributed by atoms with van der Waals surface area (Å²) in [5.41, 5.74) is 7.73. The molecule has 0 amide bonds. The Bertz CT molecular complexity index is 583. The van der Waals surface area contributed by atoms with Crippen molar-refractivity contribution in [3.8, 4) is 5.75 Å².